The number of imidazole rings is 1. The lowest BCUT2D eigenvalue weighted by atomic mass is 10.3. The summed E-state index contributed by atoms with van der Waals surface area (Å²) in [6.07, 6.45) is 3.66. The van der Waals surface area contributed by atoms with Crippen LogP contribution in [0.5, 0.6) is 0 Å². The maximum atomic E-state index is 12.2. The van der Waals surface area contributed by atoms with Crippen LogP contribution in [0.2, 0.25) is 0 Å². The fraction of sp³-hybridized carbons (Fsp3) is 0.538. The van der Waals surface area contributed by atoms with E-state index in [-0.39, 0.29) is 11.7 Å². The molecule has 19 heavy (non-hydrogen) atoms. The first-order valence-corrected chi connectivity index (χ1v) is 7.24. The maximum Gasteiger partial charge on any atom is 0.328 e. The van der Waals surface area contributed by atoms with Crippen molar-refractivity contribution in [3.8, 4) is 0 Å². The van der Waals surface area contributed by atoms with E-state index in [0.29, 0.717) is 6.54 Å². The van der Waals surface area contributed by atoms with Crippen molar-refractivity contribution < 1.29 is 0 Å². The van der Waals surface area contributed by atoms with Crippen LogP contribution in [-0.4, -0.2) is 18.9 Å². The number of halogens is 1. The highest BCUT2D eigenvalue weighted by Crippen LogP contribution is 2.21. The number of aromatic nitrogens is 4. The lowest BCUT2D eigenvalue weighted by molar-refractivity contribution is 0.547. The van der Waals surface area contributed by atoms with Gasteiger partial charge in [-0.05, 0) is 43.6 Å². The predicted molar refractivity (Wildman–Crippen MR) is 78.5 cm³/mol. The van der Waals surface area contributed by atoms with Gasteiger partial charge in [-0.25, -0.2) is 4.79 Å². The Hall–Kier alpha value is -1.30. The third-order valence-corrected chi connectivity index (χ3v) is 4.23. The molecule has 0 bridgehead atoms. The van der Waals surface area contributed by atoms with Gasteiger partial charge in [0.1, 0.15) is 0 Å². The minimum Gasteiger partial charge on any atom is -0.297 e. The Balaban J connectivity index is 2.39. The van der Waals surface area contributed by atoms with Crippen molar-refractivity contribution in [2.24, 2.45) is 0 Å². The summed E-state index contributed by atoms with van der Waals surface area (Å²) in [7, 11) is 0. The zero-order valence-corrected chi connectivity index (χ0v) is 13.3. The molecule has 0 saturated carbocycles. The molecule has 0 N–H and O–H groups in total. The van der Waals surface area contributed by atoms with Crippen molar-refractivity contribution >= 4 is 15.9 Å². The fourth-order valence-electron chi connectivity index (χ4n) is 2.12. The molecular weight excluding hydrogens is 308 g/mol. The molecule has 0 spiro atoms. The van der Waals surface area contributed by atoms with Crippen LogP contribution < -0.4 is 5.69 Å². The predicted octanol–water partition coefficient (Wildman–Crippen LogP) is 2.57. The summed E-state index contributed by atoms with van der Waals surface area (Å²) in [6, 6.07) is 0.176. The van der Waals surface area contributed by atoms with Gasteiger partial charge in [0.25, 0.3) is 0 Å². The van der Waals surface area contributed by atoms with E-state index >= 15 is 0 Å². The highest BCUT2D eigenvalue weighted by Gasteiger charge is 2.14. The lowest BCUT2D eigenvalue weighted by Gasteiger charge is -2.07. The fourth-order valence-corrected chi connectivity index (χ4v) is 2.53. The van der Waals surface area contributed by atoms with Crippen LogP contribution in [0.15, 0.2) is 21.7 Å². The number of hydrogen-bond acceptors (Lipinski definition) is 2. The summed E-state index contributed by atoms with van der Waals surface area (Å²) in [6.45, 7) is 9.34. The topological polar surface area (TPSA) is 44.8 Å². The maximum absolute atomic E-state index is 12.2. The van der Waals surface area contributed by atoms with Gasteiger partial charge in [-0.1, -0.05) is 0 Å². The second-order valence-electron chi connectivity index (χ2n) is 4.87. The molecule has 0 aliphatic heterocycles. The van der Waals surface area contributed by atoms with Gasteiger partial charge in [0.15, 0.2) is 0 Å². The van der Waals surface area contributed by atoms with Crippen LogP contribution in [0, 0.1) is 6.92 Å². The van der Waals surface area contributed by atoms with Crippen molar-refractivity contribution in [1.29, 1.82) is 0 Å². The Bertz CT molecular complexity index is 636. The second-order valence-corrected chi connectivity index (χ2v) is 5.66. The van der Waals surface area contributed by atoms with Gasteiger partial charge >= 0.3 is 5.69 Å². The van der Waals surface area contributed by atoms with E-state index in [1.54, 1.807) is 9.13 Å². The SMILES string of the molecule is CCn1nc(C)c(Br)c1Cn1ccn(C(C)C)c1=O. The molecule has 0 aromatic carbocycles. The smallest absolute Gasteiger partial charge is 0.297 e. The van der Waals surface area contributed by atoms with Crippen LogP contribution in [0.25, 0.3) is 0 Å². The van der Waals surface area contributed by atoms with Gasteiger partial charge < -0.3 is 0 Å². The zero-order chi connectivity index (χ0) is 14.2. The van der Waals surface area contributed by atoms with Crippen molar-refractivity contribution in [3.05, 3.63) is 38.7 Å². The molecular formula is C13H19BrN4O. The number of hydrogen-bond donors (Lipinski definition) is 0. The summed E-state index contributed by atoms with van der Waals surface area (Å²) in [5.74, 6) is 0. The van der Waals surface area contributed by atoms with Gasteiger partial charge in [-0.15, -0.1) is 0 Å². The average Bonchev–Trinajstić information content (AvgIpc) is 2.85. The van der Waals surface area contributed by atoms with Crippen molar-refractivity contribution in [1.82, 2.24) is 18.9 Å². The molecule has 0 aliphatic rings. The molecule has 0 saturated heterocycles. The van der Waals surface area contributed by atoms with Crippen LogP contribution >= 0.6 is 15.9 Å². The lowest BCUT2D eigenvalue weighted by Crippen LogP contribution is -2.26. The number of rotatable bonds is 4. The monoisotopic (exact) mass is 326 g/mol. The summed E-state index contributed by atoms with van der Waals surface area (Å²) in [5, 5.41) is 4.44. The molecule has 0 amide bonds. The highest BCUT2D eigenvalue weighted by molar-refractivity contribution is 9.10. The first-order chi connectivity index (χ1) is 8.95. The average molecular weight is 327 g/mol. The molecule has 5 nitrogen and oxygen atoms in total. The van der Waals surface area contributed by atoms with E-state index in [0.717, 1.165) is 22.4 Å². The summed E-state index contributed by atoms with van der Waals surface area (Å²) in [5.41, 5.74) is 2.00. The van der Waals surface area contributed by atoms with Gasteiger partial charge in [0.2, 0.25) is 0 Å². The van der Waals surface area contributed by atoms with E-state index in [1.807, 2.05) is 44.8 Å². The molecule has 0 unspecified atom stereocenters. The first-order valence-electron chi connectivity index (χ1n) is 6.44. The Morgan fingerprint density at radius 3 is 2.58 bits per heavy atom. The summed E-state index contributed by atoms with van der Waals surface area (Å²) < 4.78 is 6.36. The van der Waals surface area contributed by atoms with Gasteiger partial charge in [-0.2, -0.15) is 5.10 Å². The first kappa shape index (κ1) is 14.1. The largest absolute Gasteiger partial charge is 0.328 e. The Morgan fingerprint density at radius 1 is 1.37 bits per heavy atom. The van der Waals surface area contributed by atoms with Crippen molar-refractivity contribution in [3.63, 3.8) is 0 Å². The molecule has 0 aliphatic carbocycles. The normalized spacial score (nSPS) is 11.5. The molecule has 6 heteroatoms. The zero-order valence-electron chi connectivity index (χ0n) is 11.7. The molecule has 0 radical (unpaired) electrons. The second kappa shape index (κ2) is 5.36. The third-order valence-electron chi connectivity index (χ3n) is 3.20. The molecule has 2 aromatic heterocycles. The highest BCUT2D eigenvalue weighted by atomic mass is 79.9. The van der Waals surface area contributed by atoms with E-state index < -0.39 is 0 Å². The molecule has 104 valence electrons. The standard InChI is InChI=1S/C13H19BrN4O/c1-5-18-11(12(14)10(4)15-18)8-16-6-7-17(9(2)3)13(16)19/h6-7,9H,5,8H2,1-4H3. The number of nitrogens with zero attached hydrogens (tertiary/aromatic N) is 4. The summed E-state index contributed by atoms with van der Waals surface area (Å²) in [4.78, 5) is 12.2. The van der Waals surface area contributed by atoms with Crippen LogP contribution in [0.4, 0.5) is 0 Å². The summed E-state index contributed by atoms with van der Waals surface area (Å²) >= 11 is 3.55. The van der Waals surface area contributed by atoms with Gasteiger partial charge in [0, 0.05) is 25.0 Å². The van der Waals surface area contributed by atoms with E-state index in [2.05, 4.69) is 21.0 Å². The third kappa shape index (κ3) is 2.54. The molecule has 0 fully saturated rings. The minimum absolute atomic E-state index is 0.0170. The van der Waals surface area contributed by atoms with Gasteiger partial charge in [0.05, 0.1) is 22.4 Å². The molecule has 2 heterocycles. The molecule has 2 rings (SSSR count). The number of aryl methyl sites for hydroxylation is 2. The van der Waals surface area contributed by atoms with Crippen LogP contribution in [0.1, 0.15) is 38.2 Å². The van der Waals surface area contributed by atoms with Gasteiger partial charge in [-0.3, -0.25) is 13.8 Å². The van der Waals surface area contributed by atoms with Crippen LogP contribution in [-0.2, 0) is 13.1 Å². The Morgan fingerprint density at radius 2 is 2.05 bits per heavy atom. The molecule has 0 atom stereocenters. The van der Waals surface area contributed by atoms with Crippen LogP contribution in [0.3, 0.4) is 0 Å². The van der Waals surface area contributed by atoms with E-state index in [9.17, 15) is 4.79 Å². The Labute approximate surface area is 121 Å². The molecule has 2 aromatic rings. The quantitative estimate of drug-likeness (QED) is 0.866. The van der Waals surface area contributed by atoms with E-state index in [4.69, 9.17) is 0 Å². The Kier molecular flexibility index (Phi) is 3.99. The van der Waals surface area contributed by atoms with Crippen molar-refractivity contribution in [2.75, 3.05) is 0 Å². The minimum atomic E-state index is 0.0170. The van der Waals surface area contributed by atoms with E-state index in [1.165, 1.54) is 0 Å². The van der Waals surface area contributed by atoms with Crippen molar-refractivity contribution in [2.45, 2.75) is 46.8 Å².